The van der Waals surface area contributed by atoms with E-state index in [0.717, 1.165) is 29.5 Å². The van der Waals surface area contributed by atoms with Gasteiger partial charge in [-0.15, -0.1) is 10.2 Å². The van der Waals surface area contributed by atoms with Crippen LogP contribution in [-0.2, 0) is 18.0 Å². The van der Waals surface area contributed by atoms with Gasteiger partial charge in [-0.2, -0.15) is 13.2 Å². The molecule has 0 fully saturated rings. The van der Waals surface area contributed by atoms with Crippen LogP contribution in [0.4, 0.5) is 18.9 Å². The fraction of sp³-hybridized carbons (Fsp3) is 0.250. The maximum absolute atomic E-state index is 13.0. The predicted molar refractivity (Wildman–Crippen MR) is 113 cm³/mol. The van der Waals surface area contributed by atoms with Gasteiger partial charge in [0.1, 0.15) is 5.75 Å². The standard InChI is InChI=1S/C20H18ClF3N4O2S/c1-11(18(29)25-13-7-8-16(21)15(10-13)20(22,23)24)31-19-27-26-17(28(19)2)12-5-4-6-14(9-12)30-3/h4-11H,1-3H3,(H,25,29). The van der Waals surface area contributed by atoms with Crippen LogP contribution in [0.15, 0.2) is 47.6 Å². The fourth-order valence-electron chi connectivity index (χ4n) is 2.71. The molecule has 2 aromatic carbocycles. The number of halogens is 4. The highest BCUT2D eigenvalue weighted by Crippen LogP contribution is 2.36. The Balaban J connectivity index is 1.73. The summed E-state index contributed by atoms with van der Waals surface area (Å²) in [6.45, 7) is 1.63. The Bertz CT molecular complexity index is 1100. The number of thioether (sulfide) groups is 1. The summed E-state index contributed by atoms with van der Waals surface area (Å²) < 4.78 is 46.0. The van der Waals surface area contributed by atoms with Crippen molar-refractivity contribution in [3.8, 4) is 17.1 Å². The number of rotatable bonds is 6. The van der Waals surface area contributed by atoms with Crippen LogP contribution < -0.4 is 10.1 Å². The second-order valence-corrected chi connectivity index (χ2v) is 8.25. The van der Waals surface area contributed by atoms with Crippen molar-refractivity contribution in [1.29, 1.82) is 0 Å². The zero-order valence-electron chi connectivity index (χ0n) is 16.7. The number of benzene rings is 2. The Kier molecular flexibility index (Phi) is 6.80. The van der Waals surface area contributed by atoms with E-state index in [1.165, 1.54) is 6.07 Å². The van der Waals surface area contributed by atoms with E-state index < -0.39 is 27.9 Å². The molecule has 0 bridgehead atoms. The van der Waals surface area contributed by atoms with Gasteiger partial charge in [0.05, 0.1) is 22.9 Å². The van der Waals surface area contributed by atoms with E-state index in [2.05, 4.69) is 15.5 Å². The van der Waals surface area contributed by atoms with Crippen molar-refractivity contribution in [2.75, 3.05) is 12.4 Å². The van der Waals surface area contributed by atoms with Gasteiger partial charge < -0.3 is 14.6 Å². The molecule has 6 nitrogen and oxygen atoms in total. The van der Waals surface area contributed by atoms with Crippen molar-refractivity contribution < 1.29 is 22.7 Å². The average Bonchev–Trinajstić information content (AvgIpc) is 3.08. The predicted octanol–water partition coefficient (Wildman–Crippen LogP) is 5.28. The summed E-state index contributed by atoms with van der Waals surface area (Å²) in [4.78, 5) is 12.5. The number of nitrogens with zero attached hydrogens (tertiary/aromatic N) is 3. The molecular weight excluding hydrogens is 453 g/mol. The molecule has 1 amide bonds. The summed E-state index contributed by atoms with van der Waals surface area (Å²) >= 11 is 6.75. The van der Waals surface area contributed by atoms with Gasteiger partial charge in [0.15, 0.2) is 11.0 Å². The molecule has 31 heavy (non-hydrogen) atoms. The number of anilines is 1. The highest BCUT2D eigenvalue weighted by Gasteiger charge is 2.33. The minimum absolute atomic E-state index is 0.00390. The summed E-state index contributed by atoms with van der Waals surface area (Å²) in [7, 11) is 3.33. The molecule has 0 aliphatic rings. The first kappa shape index (κ1) is 23.0. The van der Waals surface area contributed by atoms with Gasteiger partial charge in [-0.1, -0.05) is 35.5 Å². The first-order valence-electron chi connectivity index (χ1n) is 8.98. The van der Waals surface area contributed by atoms with Crippen LogP contribution in [0.1, 0.15) is 12.5 Å². The van der Waals surface area contributed by atoms with E-state index in [1.807, 2.05) is 24.3 Å². The van der Waals surface area contributed by atoms with E-state index in [1.54, 1.807) is 25.6 Å². The van der Waals surface area contributed by atoms with Gasteiger partial charge in [0.25, 0.3) is 0 Å². The molecule has 0 saturated heterocycles. The number of carbonyl (C=O) groups is 1. The lowest BCUT2D eigenvalue weighted by molar-refractivity contribution is -0.137. The van der Waals surface area contributed by atoms with Crippen LogP contribution in [0, 0.1) is 0 Å². The molecule has 0 spiro atoms. The quantitative estimate of drug-likeness (QED) is 0.496. The molecule has 1 atom stereocenters. The highest BCUT2D eigenvalue weighted by atomic mass is 35.5. The summed E-state index contributed by atoms with van der Waals surface area (Å²) in [6.07, 6.45) is -4.62. The van der Waals surface area contributed by atoms with Gasteiger partial charge in [0.2, 0.25) is 5.91 Å². The lowest BCUT2D eigenvalue weighted by Crippen LogP contribution is -2.23. The van der Waals surface area contributed by atoms with E-state index in [-0.39, 0.29) is 5.69 Å². The molecule has 1 heterocycles. The molecule has 3 aromatic rings. The van der Waals surface area contributed by atoms with Crippen LogP contribution >= 0.6 is 23.4 Å². The molecular formula is C20H18ClF3N4O2S. The smallest absolute Gasteiger partial charge is 0.417 e. The number of carbonyl (C=O) groups excluding carboxylic acids is 1. The number of alkyl halides is 3. The Morgan fingerprint density at radius 1 is 1.23 bits per heavy atom. The van der Waals surface area contributed by atoms with Gasteiger partial charge >= 0.3 is 6.18 Å². The number of ether oxygens (including phenoxy) is 1. The minimum Gasteiger partial charge on any atom is -0.497 e. The second-order valence-electron chi connectivity index (χ2n) is 6.54. The molecule has 1 unspecified atom stereocenters. The maximum atomic E-state index is 13.0. The molecule has 1 aromatic heterocycles. The van der Waals surface area contributed by atoms with Crippen molar-refractivity contribution in [3.05, 3.63) is 53.1 Å². The molecule has 11 heteroatoms. The lowest BCUT2D eigenvalue weighted by atomic mass is 10.2. The summed E-state index contributed by atoms with van der Waals surface area (Å²) in [6, 6.07) is 10.5. The molecule has 0 aliphatic carbocycles. The number of amides is 1. The van der Waals surface area contributed by atoms with Gasteiger partial charge in [-0.25, -0.2) is 0 Å². The Morgan fingerprint density at radius 3 is 2.65 bits per heavy atom. The van der Waals surface area contributed by atoms with E-state index in [9.17, 15) is 18.0 Å². The van der Waals surface area contributed by atoms with Crippen molar-refractivity contribution in [1.82, 2.24) is 14.8 Å². The molecule has 0 aliphatic heterocycles. The molecule has 164 valence electrons. The van der Waals surface area contributed by atoms with Gasteiger partial charge in [-0.3, -0.25) is 4.79 Å². The van der Waals surface area contributed by atoms with Crippen LogP contribution in [0.5, 0.6) is 5.75 Å². The molecule has 0 saturated carbocycles. The first-order valence-corrected chi connectivity index (χ1v) is 10.2. The molecule has 0 radical (unpaired) electrons. The van der Waals surface area contributed by atoms with E-state index in [0.29, 0.717) is 16.7 Å². The summed E-state index contributed by atoms with van der Waals surface area (Å²) in [5, 5.41) is 10.2. The Labute approximate surface area is 185 Å². The summed E-state index contributed by atoms with van der Waals surface area (Å²) in [5.74, 6) is 0.775. The van der Waals surface area contributed by atoms with Crippen LogP contribution in [0.2, 0.25) is 5.02 Å². The highest BCUT2D eigenvalue weighted by molar-refractivity contribution is 8.00. The third kappa shape index (κ3) is 5.31. The zero-order chi connectivity index (χ0) is 22.8. The van der Waals surface area contributed by atoms with Crippen molar-refractivity contribution in [3.63, 3.8) is 0 Å². The van der Waals surface area contributed by atoms with Crippen LogP contribution in [0.3, 0.4) is 0 Å². The zero-order valence-corrected chi connectivity index (χ0v) is 18.3. The van der Waals surface area contributed by atoms with Gasteiger partial charge in [0, 0.05) is 18.3 Å². The topological polar surface area (TPSA) is 69.0 Å². The van der Waals surface area contributed by atoms with E-state index in [4.69, 9.17) is 16.3 Å². The first-order chi connectivity index (χ1) is 14.6. The fourth-order valence-corrected chi connectivity index (χ4v) is 3.75. The van der Waals surface area contributed by atoms with Crippen LogP contribution in [-0.4, -0.2) is 33.0 Å². The van der Waals surface area contributed by atoms with Crippen molar-refractivity contribution in [2.24, 2.45) is 7.05 Å². The Hall–Kier alpha value is -2.72. The third-order valence-electron chi connectivity index (χ3n) is 4.35. The summed E-state index contributed by atoms with van der Waals surface area (Å²) in [5.41, 5.74) is -0.216. The van der Waals surface area contributed by atoms with Crippen molar-refractivity contribution in [2.45, 2.75) is 23.5 Å². The second kappa shape index (κ2) is 9.19. The normalized spacial score (nSPS) is 12.5. The lowest BCUT2D eigenvalue weighted by Gasteiger charge is -2.14. The van der Waals surface area contributed by atoms with E-state index >= 15 is 0 Å². The number of aromatic nitrogens is 3. The Morgan fingerprint density at radius 2 is 1.97 bits per heavy atom. The average molecular weight is 471 g/mol. The molecule has 3 rings (SSSR count). The van der Waals surface area contributed by atoms with Crippen molar-refractivity contribution >= 4 is 35.0 Å². The number of nitrogens with one attached hydrogen (secondary N) is 1. The number of hydrogen-bond donors (Lipinski definition) is 1. The SMILES string of the molecule is COc1cccc(-c2nnc(SC(C)C(=O)Nc3ccc(Cl)c(C(F)(F)F)c3)n2C)c1. The minimum atomic E-state index is -4.62. The maximum Gasteiger partial charge on any atom is 0.417 e. The monoisotopic (exact) mass is 470 g/mol. The third-order valence-corrected chi connectivity index (χ3v) is 5.82. The van der Waals surface area contributed by atoms with Crippen LogP contribution in [0.25, 0.3) is 11.4 Å². The number of methoxy groups -OCH3 is 1. The largest absolute Gasteiger partial charge is 0.497 e. The number of hydrogen-bond acceptors (Lipinski definition) is 5. The molecule has 1 N–H and O–H groups in total. The van der Waals surface area contributed by atoms with Gasteiger partial charge in [-0.05, 0) is 37.3 Å².